The van der Waals surface area contributed by atoms with Crippen molar-refractivity contribution in [3.05, 3.63) is 70.6 Å². The molecule has 33 heavy (non-hydrogen) atoms. The molecule has 0 saturated heterocycles. The summed E-state index contributed by atoms with van der Waals surface area (Å²) in [5.41, 5.74) is 2.66. The standard InChI is InChI=1S/C24H26F2N2O5/c1-5-30-22-12-17(10-11-21(22)32-24(25)26)13-28(4)23(29)18-8-6-7-9-20(18)31-14-19-15(2)27-33-16(19)3/h6-12,24H,5,13-14H2,1-4H3. The quantitative estimate of drug-likeness (QED) is 0.417. The summed E-state index contributed by atoms with van der Waals surface area (Å²) < 4.78 is 46.2. The van der Waals surface area contributed by atoms with Crippen LogP contribution in [0.4, 0.5) is 8.78 Å². The first-order valence-corrected chi connectivity index (χ1v) is 10.4. The van der Waals surface area contributed by atoms with Gasteiger partial charge in [0.25, 0.3) is 5.91 Å². The minimum absolute atomic E-state index is 0.0531. The number of aryl methyl sites for hydroxylation is 2. The zero-order valence-electron chi connectivity index (χ0n) is 18.9. The smallest absolute Gasteiger partial charge is 0.387 e. The molecular formula is C24H26F2N2O5. The fourth-order valence-electron chi connectivity index (χ4n) is 3.29. The van der Waals surface area contributed by atoms with Gasteiger partial charge >= 0.3 is 6.61 Å². The van der Waals surface area contributed by atoms with E-state index in [1.54, 1.807) is 57.3 Å². The number of rotatable bonds is 10. The molecule has 0 bridgehead atoms. The van der Waals surface area contributed by atoms with Crippen LogP contribution in [-0.2, 0) is 13.2 Å². The van der Waals surface area contributed by atoms with Crippen LogP contribution in [-0.4, -0.2) is 36.2 Å². The Balaban J connectivity index is 1.74. The molecule has 176 valence electrons. The van der Waals surface area contributed by atoms with E-state index in [1.165, 1.54) is 11.0 Å². The zero-order chi connectivity index (χ0) is 24.0. The van der Waals surface area contributed by atoms with Crippen LogP contribution in [0.1, 0.15) is 39.9 Å². The molecule has 0 saturated carbocycles. The van der Waals surface area contributed by atoms with E-state index in [0.29, 0.717) is 22.6 Å². The number of carbonyl (C=O) groups excluding carboxylic acids is 1. The number of carbonyl (C=O) groups is 1. The molecule has 1 aromatic heterocycles. The maximum Gasteiger partial charge on any atom is 0.387 e. The zero-order valence-corrected chi connectivity index (χ0v) is 18.9. The first-order chi connectivity index (χ1) is 15.8. The first-order valence-electron chi connectivity index (χ1n) is 10.4. The Labute approximate surface area is 190 Å². The Bertz CT molecular complexity index is 1080. The summed E-state index contributed by atoms with van der Waals surface area (Å²) in [4.78, 5) is 14.7. The van der Waals surface area contributed by atoms with E-state index in [0.717, 1.165) is 11.3 Å². The molecular weight excluding hydrogens is 434 g/mol. The van der Waals surface area contributed by atoms with Gasteiger partial charge in [-0.2, -0.15) is 8.78 Å². The van der Waals surface area contributed by atoms with E-state index in [2.05, 4.69) is 9.89 Å². The normalized spacial score (nSPS) is 10.9. The summed E-state index contributed by atoms with van der Waals surface area (Å²) >= 11 is 0. The van der Waals surface area contributed by atoms with Gasteiger partial charge in [0, 0.05) is 13.6 Å². The lowest BCUT2D eigenvalue weighted by molar-refractivity contribution is -0.0514. The largest absolute Gasteiger partial charge is 0.490 e. The average Bonchev–Trinajstić information content (AvgIpc) is 3.11. The fraction of sp³-hybridized carbons (Fsp3) is 0.333. The molecule has 0 radical (unpaired) electrons. The summed E-state index contributed by atoms with van der Waals surface area (Å²) in [6.07, 6.45) is 0. The van der Waals surface area contributed by atoms with Crippen molar-refractivity contribution in [3.63, 3.8) is 0 Å². The summed E-state index contributed by atoms with van der Waals surface area (Å²) in [5, 5.41) is 3.91. The van der Waals surface area contributed by atoms with Gasteiger partial charge in [-0.05, 0) is 50.6 Å². The fourth-order valence-corrected chi connectivity index (χ4v) is 3.29. The summed E-state index contributed by atoms with van der Waals surface area (Å²) in [6.45, 7) is 3.15. The number of ether oxygens (including phenoxy) is 3. The minimum atomic E-state index is -2.96. The van der Waals surface area contributed by atoms with E-state index < -0.39 is 6.61 Å². The number of halogens is 2. The van der Waals surface area contributed by atoms with Crippen LogP contribution in [0.3, 0.4) is 0 Å². The molecule has 3 rings (SSSR count). The molecule has 0 aliphatic carbocycles. The molecule has 9 heteroatoms. The number of amides is 1. The lowest BCUT2D eigenvalue weighted by Crippen LogP contribution is -2.26. The number of aromatic nitrogens is 1. The highest BCUT2D eigenvalue weighted by molar-refractivity contribution is 5.96. The summed E-state index contributed by atoms with van der Waals surface area (Å²) in [5.74, 6) is 0.986. The van der Waals surface area contributed by atoms with Crippen molar-refractivity contribution in [2.45, 2.75) is 40.5 Å². The van der Waals surface area contributed by atoms with Crippen LogP contribution in [0.15, 0.2) is 47.0 Å². The van der Waals surface area contributed by atoms with Crippen LogP contribution < -0.4 is 14.2 Å². The predicted molar refractivity (Wildman–Crippen MR) is 117 cm³/mol. The maximum atomic E-state index is 13.1. The van der Waals surface area contributed by atoms with Gasteiger partial charge in [0.15, 0.2) is 11.5 Å². The second-order valence-electron chi connectivity index (χ2n) is 7.34. The Hall–Kier alpha value is -3.62. The average molecular weight is 460 g/mol. The Morgan fingerprint density at radius 2 is 1.85 bits per heavy atom. The highest BCUT2D eigenvalue weighted by Gasteiger charge is 2.19. The molecule has 0 atom stereocenters. The Morgan fingerprint density at radius 1 is 1.09 bits per heavy atom. The molecule has 3 aromatic rings. The summed E-state index contributed by atoms with van der Waals surface area (Å²) in [6, 6.07) is 11.6. The Kier molecular flexibility index (Phi) is 7.87. The topological polar surface area (TPSA) is 74.0 Å². The van der Waals surface area contributed by atoms with E-state index >= 15 is 0 Å². The van der Waals surface area contributed by atoms with Gasteiger partial charge in [0.05, 0.1) is 23.4 Å². The summed E-state index contributed by atoms with van der Waals surface area (Å²) in [7, 11) is 1.65. The van der Waals surface area contributed by atoms with E-state index in [-0.39, 0.29) is 37.2 Å². The van der Waals surface area contributed by atoms with Crippen molar-refractivity contribution in [1.82, 2.24) is 10.1 Å². The van der Waals surface area contributed by atoms with Gasteiger partial charge < -0.3 is 23.6 Å². The number of hydrogen-bond donors (Lipinski definition) is 0. The lowest BCUT2D eigenvalue weighted by atomic mass is 10.1. The number of nitrogens with zero attached hydrogens (tertiary/aromatic N) is 2. The SMILES string of the molecule is CCOc1cc(CN(C)C(=O)c2ccccc2OCc2c(C)noc2C)ccc1OC(F)F. The molecule has 1 heterocycles. The van der Waals surface area contributed by atoms with Gasteiger partial charge in [-0.25, -0.2) is 0 Å². The molecule has 0 unspecified atom stereocenters. The predicted octanol–water partition coefficient (Wildman–Crippen LogP) is 5.14. The van der Waals surface area contributed by atoms with Crippen LogP contribution >= 0.6 is 0 Å². The third kappa shape index (κ3) is 6.00. The number of alkyl halides is 2. The molecule has 1 amide bonds. The second-order valence-corrected chi connectivity index (χ2v) is 7.34. The van der Waals surface area contributed by atoms with Gasteiger partial charge in [-0.15, -0.1) is 0 Å². The molecule has 0 aliphatic heterocycles. The first kappa shape index (κ1) is 24.0. The highest BCUT2D eigenvalue weighted by atomic mass is 19.3. The number of hydrogen-bond acceptors (Lipinski definition) is 6. The van der Waals surface area contributed by atoms with Crippen molar-refractivity contribution < 1.29 is 32.3 Å². The third-order valence-corrected chi connectivity index (χ3v) is 4.96. The van der Waals surface area contributed by atoms with Crippen molar-refractivity contribution in [2.75, 3.05) is 13.7 Å². The van der Waals surface area contributed by atoms with Gasteiger partial charge in [-0.1, -0.05) is 23.4 Å². The van der Waals surface area contributed by atoms with Crippen molar-refractivity contribution >= 4 is 5.91 Å². The van der Waals surface area contributed by atoms with E-state index in [1.807, 2.05) is 6.92 Å². The number of para-hydroxylation sites is 1. The van der Waals surface area contributed by atoms with Gasteiger partial charge in [-0.3, -0.25) is 4.79 Å². The molecule has 0 N–H and O–H groups in total. The van der Waals surface area contributed by atoms with Crippen LogP contribution in [0, 0.1) is 13.8 Å². The molecule has 0 aliphatic rings. The molecule has 0 fully saturated rings. The van der Waals surface area contributed by atoms with E-state index in [9.17, 15) is 13.6 Å². The Morgan fingerprint density at radius 3 is 2.52 bits per heavy atom. The third-order valence-electron chi connectivity index (χ3n) is 4.96. The molecule has 0 spiro atoms. The maximum absolute atomic E-state index is 13.1. The van der Waals surface area contributed by atoms with E-state index in [4.69, 9.17) is 14.0 Å². The van der Waals surface area contributed by atoms with Crippen molar-refractivity contribution in [2.24, 2.45) is 0 Å². The minimum Gasteiger partial charge on any atom is -0.490 e. The second kappa shape index (κ2) is 10.8. The highest BCUT2D eigenvalue weighted by Crippen LogP contribution is 2.31. The monoisotopic (exact) mass is 460 g/mol. The molecule has 2 aromatic carbocycles. The van der Waals surface area contributed by atoms with Crippen LogP contribution in [0.5, 0.6) is 17.2 Å². The van der Waals surface area contributed by atoms with Crippen LogP contribution in [0.25, 0.3) is 0 Å². The number of benzene rings is 2. The van der Waals surface area contributed by atoms with Crippen molar-refractivity contribution in [1.29, 1.82) is 0 Å². The van der Waals surface area contributed by atoms with Gasteiger partial charge in [0.1, 0.15) is 18.1 Å². The van der Waals surface area contributed by atoms with Crippen LogP contribution in [0.2, 0.25) is 0 Å². The molecule has 7 nitrogen and oxygen atoms in total. The van der Waals surface area contributed by atoms with Gasteiger partial charge in [0.2, 0.25) is 0 Å². The van der Waals surface area contributed by atoms with Crippen molar-refractivity contribution in [3.8, 4) is 17.2 Å². The lowest BCUT2D eigenvalue weighted by Gasteiger charge is -2.20.